The molecule has 1 saturated heterocycles. The van der Waals surface area contributed by atoms with Crippen LogP contribution in [0.5, 0.6) is 0 Å². The van der Waals surface area contributed by atoms with Gasteiger partial charge in [0.15, 0.2) is 0 Å². The van der Waals surface area contributed by atoms with E-state index in [9.17, 15) is 0 Å². The Balaban J connectivity index is 2.56. The standard InChI is InChI=1S/C9H16OSi/c1-3-9(11-4-2)7-5-6-8-10-9/h3-4H,1-2,5-8,11H2. The molecule has 1 aliphatic rings. The lowest BCUT2D eigenvalue weighted by molar-refractivity contribution is 0.0138. The lowest BCUT2D eigenvalue weighted by Crippen LogP contribution is -2.39. The van der Waals surface area contributed by atoms with E-state index < -0.39 is 0 Å². The fourth-order valence-electron chi connectivity index (χ4n) is 1.52. The summed E-state index contributed by atoms with van der Waals surface area (Å²) in [5, 5.41) is 0.0556. The van der Waals surface area contributed by atoms with E-state index >= 15 is 0 Å². The minimum Gasteiger partial charge on any atom is -0.375 e. The van der Waals surface area contributed by atoms with Crippen molar-refractivity contribution in [2.75, 3.05) is 6.61 Å². The number of ether oxygens (including phenoxy) is 1. The number of hydrogen-bond acceptors (Lipinski definition) is 1. The van der Waals surface area contributed by atoms with Crippen molar-refractivity contribution in [3.63, 3.8) is 0 Å². The molecule has 0 spiro atoms. The third kappa shape index (κ3) is 2.04. The summed E-state index contributed by atoms with van der Waals surface area (Å²) in [6.07, 6.45) is 5.64. The molecule has 1 fully saturated rings. The van der Waals surface area contributed by atoms with Crippen molar-refractivity contribution in [3.05, 3.63) is 24.9 Å². The van der Waals surface area contributed by atoms with E-state index in [4.69, 9.17) is 4.74 Å². The molecule has 0 aromatic carbocycles. The third-order valence-corrected chi connectivity index (χ3v) is 4.07. The van der Waals surface area contributed by atoms with Crippen LogP contribution in [0, 0.1) is 0 Å². The molecule has 2 heteroatoms. The largest absolute Gasteiger partial charge is 0.375 e. The van der Waals surface area contributed by atoms with Crippen molar-refractivity contribution in [1.82, 2.24) is 0 Å². The van der Waals surface area contributed by atoms with Gasteiger partial charge in [-0.1, -0.05) is 6.08 Å². The Labute approximate surface area is 71.0 Å². The van der Waals surface area contributed by atoms with E-state index in [1.165, 1.54) is 12.8 Å². The Morgan fingerprint density at radius 1 is 1.36 bits per heavy atom. The van der Waals surface area contributed by atoms with Crippen molar-refractivity contribution >= 4 is 9.52 Å². The molecule has 0 amide bonds. The van der Waals surface area contributed by atoms with Crippen LogP contribution in [0.15, 0.2) is 24.9 Å². The minimum absolute atomic E-state index is 0.0556. The Morgan fingerprint density at radius 2 is 2.18 bits per heavy atom. The summed E-state index contributed by atoms with van der Waals surface area (Å²) in [4.78, 5) is 0. The van der Waals surface area contributed by atoms with Gasteiger partial charge in [0.2, 0.25) is 0 Å². The second kappa shape index (κ2) is 3.88. The second-order valence-corrected chi connectivity index (χ2v) is 5.25. The normalized spacial score (nSPS) is 32.4. The first-order chi connectivity index (χ1) is 5.33. The van der Waals surface area contributed by atoms with Crippen LogP contribution in [-0.4, -0.2) is 21.4 Å². The van der Waals surface area contributed by atoms with Gasteiger partial charge in [-0.3, -0.25) is 0 Å². The number of hydrogen-bond donors (Lipinski definition) is 0. The molecule has 0 aromatic rings. The van der Waals surface area contributed by atoms with Gasteiger partial charge in [0.05, 0.1) is 14.7 Å². The first-order valence-electron chi connectivity index (χ1n) is 4.21. The fourth-order valence-corrected chi connectivity index (χ4v) is 2.90. The topological polar surface area (TPSA) is 9.23 Å². The molecule has 1 heterocycles. The van der Waals surface area contributed by atoms with Gasteiger partial charge in [0, 0.05) is 6.61 Å². The highest BCUT2D eigenvalue weighted by Gasteiger charge is 2.28. The Bertz CT molecular complexity index is 148. The van der Waals surface area contributed by atoms with E-state index in [2.05, 4.69) is 13.2 Å². The van der Waals surface area contributed by atoms with Gasteiger partial charge in [-0.15, -0.1) is 18.9 Å². The molecular formula is C9H16OSi. The maximum absolute atomic E-state index is 5.73. The summed E-state index contributed by atoms with van der Waals surface area (Å²) >= 11 is 0. The van der Waals surface area contributed by atoms with Crippen LogP contribution >= 0.6 is 0 Å². The first kappa shape index (κ1) is 8.75. The molecule has 0 N–H and O–H groups in total. The quantitative estimate of drug-likeness (QED) is 0.457. The maximum atomic E-state index is 5.73. The van der Waals surface area contributed by atoms with Crippen LogP contribution in [0.3, 0.4) is 0 Å². The Morgan fingerprint density at radius 3 is 2.64 bits per heavy atom. The summed E-state index contributed by atoms with van der Waals surface area (Å²) in [7, 11) is -0.307. The zero-order valence-electron chi connectivity index (χ0n) is 7.01. The van der Waals surface area contributed by atoms with Crippen molar-refractivity contribution in [2.45, 2.75) is 24.5 Å². The van der Waals surface area contributed by atoms with Gasteiger partial charge in [0.1, 0.15) is 0 Å². The number of rotatable bonds is 3. The maximum Gasteiger partial charge on any atom is 0.0876 e. The molecule has 62 valence electrons. The van der Waals surface area contributed by atoms with Gasteiger partial charge >= 0.3 is 0 Å². The van der Waals surface area contributed by atoms with Gasteiger partial charge in [-0.25, -0.2) is 0 Å². The molecule has 1 unspecified atom stereocenters. The van der Waals surface area contributed by atoms with Crippen LogP contribution < -0.4 is 0 Å². The highest BCUT2D eigenvalue weighted by atomic mass is 28.2. The SMILES string of the molecule is C=C[SiH2]C1(C=C)CCCCO1. The average Bonchev–Trinajstić information content (AvgIpc) is 2.07. The summed E-state index contributed by atoms with van der Waals surface area (Å²) < 4.78 is 5.73. The zero-order chi connectivity index (χ0) is 8.16. The molecule has 0 radical (unpaired) electrons. The van der Waals surface area contributed by atoms with E-state index in [0.717, 1.165) is 13.0 Å². The summed E-state index contributed by atoms with van der Waals surface area (Å²) in [6, 6.07) is 0. The van der Waals surface area contributed by atoms with Crippen LogP contribution in [0.25, 0.3) is 0 Å². The molecule has 0 aromatic heterocycles. The lowest BCUT2D eigenvalue weighted by Gasteiger charge is -2.33. The van der Waals surface area contributed by atoms with Crippen LogP contribution in [0.1, 0.15) is 19.3 Å². The molecule has 1 atom stereocenters. The molecule has 1 rings (SSSR count). The minimum atomic E-state index is -0.307. The van der Waals surface area contributed by atoms with Gasteiger partial charge in [-0.2, -0.15) is 0 Å². The molecular weight excluding hydrogens is 152 g/mol. The smallest absolute Gasteiger partial charge is 0.0876 e. The Kier molecular flexibility index (Phi) is 3.09. The highest BCUT2D eigenvalue weighted by molar-refractivity contribution is 6.46. The molecule has 0 aliphatic carbocycles. The predicted octanol–water partition coefficient (Wildman–Crippen LogP) is 1.38. The van der Waals surface area contributed by atoms with Crippen molar-refractivity contribution in [2.24, 2.45) is 0 Å². The summed E-state index contributed by atoms with van der Waals surface area (Å²) in [5.41, 5.74) is 2.05. The van der Waals surface area contributed by atoms with Crippen LogP contribution in [0.4, 0.5) is 0 Å². The second-order valence-electron chi connectivity index (χ2n) is 3.07. The van der Waals surface area contributed by atoms with E-state index in [1.54, 1.807) is 0 Å². The summed E-state index contributed by atoms with van der Waals surface area (Å²) in [5.74, 6) is 0. The van der Waals surface area contributed by atoms with Gasteiger partial charge in [0.25, 0.3) is 0 Å². The van der Waals surface area contributed by atoms with Gasteiger partial charge < -0.3 is 4.74 Å². The van der Waals surface area contributed by atoms with Gasteiger partial charge in [-0.05, 0) is 19.3 Å². The van der Waals surface area contributed by atoms with Crippen LogP contribution in [-0.2, 0) is 4.74 Å². The molecule has 11 heavy (non-hydrogen) atoms. The lowest BCUT2D eigenvalue weighted by atomic mass is 10.1. The highest BCUT2D eigenvalue weighted by Crippen LogP contribution is 2.24. The van der Waals surface area contributed by atoms with Crippen molar-refractivity contribution in [1.29, 1.82) is 0 Å². The fraction of sp³-hybridized carbons (Fsp3) is 0.556. The zero-order valence-corrected chi connectivity index (χ0v) is 8.43. The van der Waals surface area contributed by atoms with Crippen molar-refractivity contribution in [3.8, 4) is 0 Å². The molecule has 1 aliphatic heterocycles. The predicted molar refractivity (Wildman–Crippen MR) is 51.5 cm³/mol. The first-order valence-corrected chi connectivity index (χ1v) is 5.74. The summed E-state index contributed by atoms with van der Waals surface area (Å²) in [6.45, 7) is 8.53. The third-order valence-electron chi connectivity index (χ3n) is 2.25. The average molecular weight is 168 g/mol. The van der Waals surface area contributed by atoms with Crippen molar-refractivity contribution < 1.29 is 4.74 Å². The molecule has 0 saturated carbocycles. The van der Waals surface area contributed by atoms with E-state index in [1.807, 2.05) is 11.8 Å². The molecule has 1 nitrogen and oxygen atoms in total. The monoisotopic (exact) mass is 168 g/mol. The van der Waals surface area contributed by atoms with Crippen LogP contribution in [0.2, 0.25) is 0 Å². The van der Waals surface area contributed by atoms with E-state index in [-0.39, 0.29) is 14.7 Å². The van der Waals surface area contributed by atoms with E-state index in [0.29, 0.717) is 0 Å². The Hall–Kier alpha value is -0.343. The molecule has 0 bridgehead atoms.